The van der Waals surface area contributed by atoms with Crippen molar-refractivity contribution in [2.75, 3.05) is 5.73 Å². The number of carboxylic acids is 2. The molecule has 0 fully saturated rings. The normalized spacial score (nSPS) is 10.4. The lowest BCUT2D eigenvalue weighted by Gasteiger charge is -2.16. The molecule has 5 N–H and O–H groups in total. The van der Waals surface area contributed by atoms with Gasteiger partial charge in [0.25, 0.3) is 5.56 Å². The summed E-state index contributed by atoms with van der Waals surface area (Å²) in [6, 6.07) is 15.5. The fraction of sp³-hybridized carbons (Fsp3) is 0.0500. The van der Waals surface area contributed by atoms with Gasteiger partial charge in [0, 0.05) is 11.1 Å². The maximum absolute atomic E-state index is 12.2. The first-order valence-corrected chi connectivity index (χ1v) is 8.18. The second-order valence-corrected chi connectivity index (χ2v) is 5.87. The molecule has 0 bridgehead atoms. The summed E-state index contributed by atoms with van der Waals surface area (Å²) in [5, 5.41) is 19.1. The fourth-order valence-electron chi connectivity index (χ4n) is 2.85. The Balaban J connectivity index is 2.20. The molecule has 28 heavy (non-hydrogen) atoms. The summed E-state index contributed by atoms with van der Waals surface area (Å²) < 4.78 is 5.79. The molecule has 0 aliphatic heterocycles. The molecule has 0 amide bonds. The number of carboxylic acid groups (broad SMARTS) is 2. The number of para-hydroxylation sites is 1. The van der Waals surface area contributed by atoms with Crippen molar-refractivity contribution < 1.29 is 24.5 Å². The van der Waals surface area contributed by atoms with Crippen LogP contribution in [0.1, 0.15) is 26.3 Å². The number of aromatic nitrogens is 1. The van der Waals surface area contributed by atoms with Crippen LogP contribution in [0.4, 0.5) is 5.82 Å². The molecule has 3 aromatic rings. The van der Waals surface area contributed by atoms with Crippen LogP contribution >= 0.6 is 0 Å². The molecule has 1 heterocycles. The minimum absolute atomic E-state index is 0.144. The van der Waals surface area contributed by atoms with Crippen LogP contribution in [-0.4, -0.2) is 27.1 Å². The summed E-state index contributed by atoms with van der Waals surface area (Å²) >= 11 is 0. The van der Waals surface area contributed by atoms with Crippen molar-refractivity contribution in [1.29, 1.82) is 0 Å². The Morgan fingerprint density at radius 2 is 1.54 bits per heavy atom. The Hall–Kier alpha value is -4.07. The lowest BCUT2D eigenvalue weighted by atomic mass is 9.94. The molecule has 0 radical (unpaired) electrons. The van der Waals surface area contributed by atoms with Crippen LogP contribution in [-0.2, 0) is 6.61 Å². The minimum Gasteiger partial charge on any atom is -0.488 e. The van der Waals surface area contributed by atoms with E-state index in [4.69, 9.17) is 10.5 Å². The van der Waals surface area contributed by atoms with E-state index in [-0.39, 0.29) is 23.5 Å². The second-order valence-electron chi connectivity index (χ2n) is 5.87. The molecule has 0 spiro atoms. The van der Waals surface area contributed by atoms with Crippen LogP contribution in [0.3, 0.4) is 0 Å². The number of nitrogens with one attached hydrogen (secondary N) is 1. The standard InChI is InChI=1S/C20H16N2O6/c21-17-15(19(24)25)14(16(20(26)27)18(23)22-17)12-8-4-5-9-13(12)28-10-11-6-2-1-3-7-11/h1-9H,10H2,(H,24,25)(H,26,27)(H3,21,22,23). The fourth-order valence-corrected chi connectivity index (χ4v) is 2.85. The monoisotopic (exact) mass is 380 g/mol. The molecule has 0 aliphatic carbocycles. The zero-order valence-corrected chi connectivity index (χ0v) is 14.5. The summed E-state index contributed by atoms with van der Waals surface area (Å²) in [5.74, 6) is -3.25. The molecule has 0 aliphatic rings. The van der Waals surface area contributed by atoms with Crippen molar-refractivity contribution in [3.05, 3.63) is 81.6 Å². The van der Waals surface area contributed by atoms with Crippen LogP contribution in [0.2, 0.25) is 0 Å². The van der Waals surface area contributed by atoms with Gasteiger partial charge >= 0.3 is 11.9 Å². The number of aromatic amines is 1. The number of pyridine rings is 1. The van der Waals surface area contributed by atoms with Gasteiger partial charge in [0.15, 0.2) is 0 Å². The first-order valence-electron chi connectivity index (χ1n) is 8.18. The second kappa shape index (κ2) is 7.67. The van der Waals surface area contributed by atoms with Gasteiger partial charge in [-0.05, 0) is 11.6 Å². The van der Waals surface area contributed by atoms with Crippen molar-refractivity contribution >= 4 is 17.8 Å². The van der Waals surface area contributed by atoms with Crippen LogP contribution in [0, 0.1) is 0 Å². The van der Waals surface area contributed by atoms with Crippen LogP contribution in [0.15, 0.2) is 59.4 Å². The SMILES string of the molecule is Nc1[nH]c(=O)c(C(=O)O)c(-c2ccccc2OCc2ccccc2)c1C(=O)O. The molecule has 8 heteroatoms. The number of aromatic carboxylic acids is 2. The van der Waals surface area contributed by atoms with Gasteiger partial charge < -0.3 is 25.7 Å². The molecule has 0 unspecified atom stereocenters. The highest BCUT2D eigenvalue weighted by Gasteiger charge is 2.28. The number of nitrogens with two attached hydrogens (primary N) is 1. The van der Waals surface area contributed by atoms with Crippen molar-refractivity contribution in [1.82, 2.24) is 4.98 Å². The lowest BCUT2D eigenvalue weighted by molar-refractivity contribution is 0.0695. The molecular formula is C20H16N2O6. The van der Waals surface area contributed by atoms with Crippen molar-refractivity contribution in [3.8, 4) is 16.9 Å². The van der Waals surface area contributed by atoms with Gasteiger partial charge in [0.1, 0.15) is 29.3 Å². The maximum atomic E-state index is 12.2. The lowest BCUT2D eigenvalue weighted by Crippen LogP contribution is -2.24. The molecule has 0 saturated carbocycles. The Bertz CT molecular complexity index is 1110. The largest absolute Gasteiger partial charge is 0.488 e. The van der Waals surface area contributed by atoms with Gasteiger partial charge in [-0.2, -0.15) is 0 Å². The van der Waals surface area contributed by atoms with Gasteiger partial charge in [-0.15, -0.1) is 0 Å². The Kier molecular flexibility index (Phi) is 5.12. The van der Waals surface area contributed by atoms with E-state index < -0.39 is 34.4 Å². The zero-order chi connectivity index (χ0) is 20.3. The highest BCUT2D eigenvalue weighted by Crippen LogP contribution is 2.36. The topological polar surface area (TPSA) is 143 Å². The van der Waals surface area contributed by atoms with Crippen LogP contribution < -0.4 is 16.0 Å². The van der Waals surface area contributed by atoms with Gasteiger partial charge in [0.2, 0.25) is 0 Å². The molecule has 2 aromatic carbocycles. The third-order valence-electron chi connectivity index (χ3n) is 4.07. The third kappa shape index (κ3) is 3.56. The number of benzene rings is 2. The molecule has 0 atom stereocenters. The van der Waals surface area contributed by atoms with Crippen molar-refractivity contribution in [2.45, 2.75) is 6.61 Å². The van der Waals surface area contributed by atoms with Crippen molar-refractivity contribution in [2.24, 2.45) is 0 Å². The Morgan fingerprint density at radius 3 is 2.18 bits per heavy atom. The molecule has 1 aromatic heterocycles. The van der Waals surface area contributed by atoms with Gasteiger partial charge in [-0.3, -0.25) is 4.79 Å². The third-order valence-corrected chi connectivity index (χ3v) is 4.07. The molecular weight excluding hydrogens is 364 g/mol. The summed E-state index contributed by atoms with van der Waals surface area (Å²) in [7, 11) is 0. The zero-order valence-electron chi connectivity index (χ0n) is 14.5. The highest BCUT2D eigenvalue weighted by atomic mass is 16.5. The number of rotatable bonds is 6. The Morgan fingerprint density at radius 1 is 0.929 bits per heavy atom. The van der Waals surface area contributed by atoms with E-state index in [1.165, 1.54) is 6.07 Å². The smallest absolute Gasteiger partial charge is 0.342 e. The van der Waals surface area contributed by atoms with Crippen LogP contribution in [0.25, 0.3) is 11.1 Å². The number of nitrogen functional groups attached to an aromatic ring is 1. The number of hydrogen-bond acceptors (Lipinski definition) is 5. The van der Waals surface area contributed by atoms with E-state index in [0.717, 1.165) is 5.56 Å². The first-order chi connectivity index (χ1) is 13.4. The van der Waals surface area contributed by atoms with Crippen molar-refractivity contribution in [3.63, 3.8) is 0 Å². The average Bonchev–Trinajstić information content (AvgIpc) is 2.66. The van der Waals surface area contributed by atoms with E-state index in [1.54, 1.807) is 18.2 Å². The van der Waals surface area contributed by atoms with E-state index in [1.807, 2.05) is 30.3 Å². The van der Waals surface area contributed by atoms with Gasteiger partial charge in [-0.1, -0.05) is 48.5 Å². The minimum atomic E-state index is -1.57. The maximum Gasteiger partial charge on any atom is 0.342 e. The summed E-state index contributed by atoms with van der Waals surface area (Å²) in [4.78, 5) is 37.7. The van der Waals surface area contributed by atoms with Crippen LogP contribution in [0.5, 0.6) is 5.75 Å². The van der Waals surface area contributed by atoms with Gasteiger partial charge in [-0.25, -0.2) is 9.59 Å². The predicted molar refractivity (Wildman–Crippen MR) is 102 cm³/mol. The van der Waals surface area contributed by atoms with E-state index in [9.17, 15) is 24.6 Å². The summed E-state index contributed by atoms with van der Waals surface area (Å²) in [6.45, 7) is 0.168. The first kappa shape index (κ1) is 18.7. The average molecular weight is 380 g/mol. The number of carbonyl (C=O) groups is 2. The summed E-state index contributed by atoms with van der Waals surface area (Å²) in [5.41, 5.74) is 4.15. The van der Waals surface area contributed by atoms with E-state index in [0.29, 0.717) is 0 Å². The molecule has 142 valence electrons. The van der Waals surface area contributed by atoms with E-state index >= 15 is 0 Å². The molecule has 0 saturated heterocycles. The quantitative estimate of drug-likeness (QED) is 0.515. The number of anilines is 1. The number of H-pyrrole nitrogens is 1. The van der Waals surface area contributed by atoms with Gasteiger partial charge in [0.05, 0.1) is 0 Å². The van der Waals surface area contributed by atoms with E-state index in [2.05, 4.69) is 4.98 Å². The Labute approximate surface area is 158 Å². The number of hydrogen-bond donors (Lipinski definition) is 4. The highest BCUT2D eigenvalue weighted by molar-refractivity contribution is 6.08. The predicted octanol–water partition coefficient (Wildman–Crippen LogP) is 2.60. The number of ether oxygens (including phenoxy) is 1. The molecule has 3 rings (SSSR count). The summed E-state index contributed by atoms with van der Waals surface area (Å²) in [6.07, 6.45) is 0. The molecule has 8 nitrogen and oxygen atoms in total.